The number of hydrogen-bond donors (Lipinski definition) is 2. The third-order valence-corrected chi connectivity index (χ3v) is 2.67. The fraction of sp³-hybridized carbons (Fsp3) is 0.273. The number of benzene rings is 1. The molecule has 5 nitrogen and oxygen atoms in total. The third-order valence-electron chi connectivity index (χ3n) is 2.08. The summed E-state index contributed by atoms with van der Waals surface area (Å²) in [6, 6.07) is 0.426. The van der Waals surface area contributed by atoms with Gasteiger partial charge in [-0.2, -0.15) is 0 Å². The molecule has 1 atom stereocenters. The molecule has 1 amide bonds. The Hall–Kier alpha value is -1.37. The number of carbonyl (C=O) groups excluding carboxylic acids is 2. The van der Waals surface area contributed by atoms with Crippen molar-refractivity contribution in [2.24, 2.45) is 5.73 Å². The van der Waals surface area contributed by atoms with Crippen LogP contribution in [-0.4, -0.2) is 24.5 Å². The maximum atomic E-state index is 13.0. The highest BCUT2D eigenvalue weighted by Gasteiger charge is 2.24. The molecular formula is C11H11Cl2FN2O3. The molecule has 1 rings (SSSR count). The number of hydrogen-bond acceptors (Lipinski definition) is 4. The van der Waals surface area contributed by atoms with Crippen molar-refractivity contribution in [2.45, 2.75) is 13.0 Å². The molecule has 1 unspecified atom stereocenters. The van der Waals surface area contributed by atoms with E-state index in [1.165, 1.54) is 0 Å². The topological polar surface area (TPSA) is 81.4 Å². The summed E-state index contributed by atoms with van der Waals surface area (Å²) < 4.78 is 17.5. The highest BCUT2D eigenvalue weighted by Crippen LogP contribution is 2.31. The van der Waals surface area contributed by atoms with E-state index >= 15 is 0 Å². The lowest BCUT2D eigenvalue weighted by Crippen LogP contribution is -2.43. The average molecular weight is 309 g/mol. The molecule has 8 heteroatoms. The van der Waals surface area contributed by atoms with Crippen molar-refractivity contribution in [3.8, 4) is 0 Å². The zero-order chi connectivity index (χ0) is 14.6. The highest BCUT2D eigenvalue weighted by molar-refractivity contribution is 6.40. The van der Waals surface area contributed by atoms with Crippen LogP contribution in [0.3, 0.4) is 0 Å². The number of nitrogens with two attached hydrogens (primary N) is 1. The van der Waals surface area contributed by atoms with Crippen LogP contribution in [0, 0.1) is 5.82 Å². The minimum atomic E-state index is -1.52. The maximum absolute atomic E-state index is 13.0. The van der Waals surface area contributed by atoms with Crippen LogP contribution in [0.4, 0.5) is 10.1 Å². The SMILES string of the molecule is CCOC(=O)C(N)C(=O)Nc1c(Cl)cc(F)cc1Cl. The fourth-order valence-corrected chi connectivity index (χ4v) is 1.76. The van der Waals surface area contributed by atoms with E-state index in [9.17, 15) is 14.0 Å². The summed E-state index contributed by atoms with van der Waals surface area (Å²) in [5.74, 6) is -2.38. The van der Waals surface area contributed by atoms with Crippen molar-refractivity contribution in [3.63, 3.8) is 0 Å². The first-order valence-electron chi connectivity index (χ1n) is 5.24. The molecule has 0 aliphatic rings. The first-order valence-corrected chi connectivity index (χ1v) is 6.00. The summed E-state index contributed by atoms with van der Waals surface area (Å²) in [6.45, 7) is 1.67. The van der Waals surface area contributed by atoms with Gasteiger partial charge in [0.2, 0.25) is 0 Å². The number of ether oxygens (including phenoxy) is 1. The molecule has 0 radical (unpaired) electrons. The van der Waals surface area contributed by atoms with E-state index < -0.39 is 23.7 Å². The van der Waals surface area contributed by atoms with Crippen molar-refractivity contribution in [1.29, 1.82) is 0 Å². The van der Waals surface area contributed by atoms with Crippen LogP contribution in [-0.2, 0) is 14.3 Å². The maximum Gasteiger partial charge on any atom is 0.332 e. The van der Waals surface area contributed by atoms with E-state index in [0.29, 0.717) is 0 Å². The summed E-state index contributed by atoms with van der Waals surface area (Å²) in [4.78, 5) is 22.9. The monoisotopic (exact) mass is 308 g/mol. The lowest BCUT2D eigenvalue weighted by atomic mass is 10.2. The molecule has 0 fully saturated rings. The van der Waals surface area contributed by atoms with Crippen LogP contribution in [0.15, 0.2) is 12.1 Å². The molecule has 104 valence electrons. The molecule has 3 N–H and O–H groups in total. The van der Waals surface area contributed by atoms with Crippen molar-refractivity contribution in [3.05, 3.63) is 28.0 Å². The number of amides is 1. The van der Waals surface area contributed by atoms with Gasteiger partial charge in [0.15, 0.2) is 6.04 Å². The summed E-state index contributed by atoms with van der Waals surface area (Å²) in [7, 11) is 0. The Balaban J connectivity index is 2.86. The zero-order valence-corrected chi connectivity index (χ0v) is 11.4. The standard InChI is InChI=1S/C11H11Cl2FN2O3/c1-2-19-11(18)8(15)10(17)16-9-6(12)3-5(14)4-7(9)13/h3-4,8H,2,15H2,1H3,(H,16,17). The first-order chi connectivity index (χ1) is 8.86. The Bertz CT molecular complexity index is 488. The molecular weight excluding hydrogens is 298 g/mol. The lowest BCUT2D eigenvalue weighted by molar-refractivity contribution is -0.146. The van der Waals surface area contributed by atoms with Crippen LogP contribution in [0.25, 0.3) is 0 Å². The smallest absolute Gasteiger partial charge is 0.332 e. The second kappa shape index (κ2) is 6.70. The number of esters is 1. The third kappa shape index (κ3) is 4.05. The van der Waals surface area contributed by atoms with Gasteiger partial charge in [-0.1, -0.05) is 23.2 Å². The predicted molar refractivity (Wildman–Crippen MR) is 69.7 cm³/mol. The number of rotatable bonds is 4. The van der Waals surface area contributed by atoms with Gasteiger partial charge in [-0.25, -0.2) is 9.18 Å². The van der Waals surface area contributed by atoms with Crippen LogP contribution in [0.5, 0.6) is 0 Å². The Labute approximate surface area is 118 Å². The Morgan fingerprint density at radius 1 is 1.42 bits per heavy atom. The van der Waals surface area contributed by atoms with Crippen LogP contribution < -0.4 is 11.1 Å². The predicted octanol–water partition coefficient (Wildman–Crippen LogP) is 1.96. The van der Waals surface area contributed by atoms with E-state index in [4.69, 9.17) is 28.9 Å². The van der Waals surface area contributed by atoms with Crippen LogP contribution >= 0.6 is 23.2 Å². The summed E-state index contributed by atoms with van der Waals surface area (Å²) in [6.07, 6.45) is 0. The second-order valence-electron chi connectivity index (χ2n) is 3.46. The number of halogens is 3. The number of anilines is 1. The molecule has 0 saturated carbocycles. The van der Waals surface area contributed by atoms with E-state index in [-0.39, 0.29) is 22.3 Å². The Morgan fingerprint density at radius 3 is 2.42 bits per heavy atom. The molecule has 0 aromatic heterocycles. The highest BCUT2D eigenvalue weighted by atomic mass is 35.5. The Kier molecular flexibility index (Phi) is 5.53. The zero-order valence-electron chi connectivity index (χ0n) is 9.88. The molecule has 0 bridgehead atoms. The fourth-order valence-electron chi connectivity index (χ4n) is 1.20. The van der Waals surface area contributed by atoms with Gasteiger partial charge in [0.25, 0.3) is 5.91 Å². The molecule has 1 aromatic rings. The van der Waals surface area contributed by atoms with Gasteiger partial charge in [0.05, 0.1) is 22.3 Å². The largest absolute Gasteiger partial charge is 0.464 e. The van der Waals surface area contributed by atoms with Crippen molar-refractivity contribution >= 4 is 40.8 Å². The van der Waals surface area contributed by atoms with E-state index in [1.807, 2.05) is 0 Å². The minimum absolute atomic E-state index is 0.0190. The van der Waals surface area contributed by atoms with Gasteiger partial charge in [-0.3, -0.25) is 4.79 Å². The molecule has 0 saturated heterocycles. The normalized spacial score (nSPS) is 11.8. The summed E-state index contributed by atoms with van der Waals surface area (Å²) in [5.41, 5.74) is 5.36. The first kappa shape index (κ1) is 15.7. The van der Waals surface area contributed by atoms with Gasteiger partial charge >= 0.3 is 5.97 Å². The van der Waals surface area contributed by atoms with Gasteiger partial charge in [0.1, 0.15) is 5.82 Å². The quantitative estimate of drug-likeness (QED) is 0.658. The van der Waals surface area contributed by atoms with E-state index in [0.717, 1.165) is 12.1 Å². The van der Waals surface area contributed by atoms with E-state index in [2.05, 4.69) is 10.1 Å². The van der Waals surface area contributed by atoms with Gasteiger partial charge in [0, 0.05) is 0 Å². The van der Waals surface area contributed by atoms with Crippen molar-refractivity contribution in [1.82, 2.24) is 0 Å². The molecule has 1 aromatic carbocycles. The summed E-state index contributed by atoms with van der Waals surface area (Å²) in [5, 5.41) is 2.04. The van der Waals surface area contributed by atoms with Gasteiger partial charge < -0.3 is 15.8 Å². The van der Waals surface area contributed by atoms with E-state index in [1.54, 1.807) is 6.92 Å². The van der Waals surface area contributed by atoms with Crippen molar-refractivity contribution in [2.75, 3.05) is 11.9 Å². The molecule has 0 aliphatic carbocycles. The Morgan fingerprint density at radius 2 is 1.95 bits per heavy atom. The van der Waals surface area contributed by atoms with Crippen molar-refractivity contribution < 1.29 is 18.7 Å². The van der Waals surface area contributed by atoms with Crippen LogP contribution in [0.1, 0.15) is 6.92 Å². The second-order valence-corrected chi connectivity index (χ2v) is 4.28. The molecule has 0 heterocycles. The molecule has 0 aliphatic heterocycles. The van der Waals surface area contributed by atoms with Crippen LogP contribution in [0.2, 0.25) is 10.0 Å². The molecule has 0 spiro atoms. The lowest BCUT2D eigenvalue weighted by Gasteiger charge is -2.13. The minimum Gasteiger partial charge on any atom is -0.464 e. The number of carbonyl (C=O) groups is 2. The average Bonchev–Trinajstić information content (AvgIpc) is 2.32. The van der Waals surface area contributed by atoms with Gasteiger partial charge in [-0.05, 0) is 19.1 Å². The van der Waals surface area contributed by atoms with Gasteiger partial charge in [-0.15, -0.1) is 0 Å². The molecule has 19 heavy (non-hydrogen) atoms. The number of nitrogens with one attached hydrogen (secondary N) is 1. The summed E-state index contributed by atoms with van der Waals surface area (Å²) >= 11 is 11.5.